The fourth-order valence-electron chi connectivity index (χ4n) is 3.97. The summed E-state index contributed by atoms with van der Waals surface area (Å²) >= 11 is 6.04. The Kier molecular flexibility index (Phi) is 7.62. The number of nitrogens with one attached hydrogen (secondary N) is 2. The monoisotopic (exact) mass is 511 g/mol. The number of rotatable bonds is 4. The maximum atomic E-state index is 11.6. The summed E-state index contributed by atoms with van der Waals surface area (Å²) in [5.41, 5.74) is 1.39. The Morgan fingerprint density at radius 3 is 2.46 bits per heavy atom. The number of nitrogens with zero attached hydrogens (tertiary/aromatic N) is 1. The Balaban J connectivity index is 0.00000243. The maximum absolute atomic E-state index is 11.6. The van der Waals surface area contributed by atoms with Crippen LogP contribution in [-0.2, 0) is 15.3 Å². The van der Waals surface area contributed by atoms with E-state index in [1.54, 1.807) is 7.05 Å². The smallest absolute Gasteiger partial charge is 0.191 e. The summed E-state index contributed by atoms with van der Waals surface area (Å²) in [6.45, 7) is 0.785. The van der Waals surface area contributed by atoms with Crippen LogP contribution in [0.3, 0.4) is 0 Å². The Labute approximate surface area is 178 Å². The third kappa shape index (κ3) is 5.25. The van der Waals surface area contributed by atoms with Crippen molar-refractivity contribution in [3.05, 3.63) is 34.9 Å². The van der Waals surface area contributed by atoms with Crippen molar-refractivity contribution in [3.8, 4) is 0 Å². The van der Waals surface area contributed by atoms with Gasteiger partial charge >= 0.3 is 0 Å². The van der Waals surface area contributed by atoms with E-state index in [1.807, 2.05) is 12.1 Å². The zero-order valence-corrected chi connectivity index (χ0v) is 18.9. The molecule has 26 heavy (non-hydrogen) atoms. The molecule has 1 unspecified atom stereocenters. The van der Waals surface area contributed by atoms with Crippen LogP contribution >= 0.6 is 35.6 Å². The van der Waals surface area contributed by atoms with Gasteiger partial charge in [-0.05, 0) is 37.0 Å². The van der Waals surface area contributed by atoms with Gasteiger partial charge in [0.1, 0.15) is 0 Å². The van der Waals surface area contributed by atoms with E-state index < -0.39 is 9.84 Å². The van der Waals surface area contributed by atoms with Gasteiger partial charge in [0.25, 0.3) is 0 Å². The molecule has 2 fully saturated rings. The standard InChI is InChI=1S/C18H26ClN3O2S.HI/c1-20-17(22-16-8-11-25(23,24)12-16)21-13-18(9-2-3-10-18)14-4-6-15(19)7-5-14;/h4-7,16H,2-3,8-13H2,1H3,(H2,20,21,22);1H. The van der Waals surface area contributed by atoms with Crippen LogP contribution in [0.15, 0.2) is 29.3 Å². The van der Waals surface area contributed by atoms with E-state index in [9.17, 15) is 8.42 Å². The van der Waals surface area contributed by atoms with Gasteiger partial charge in [-0.1, -0.05) is 36.6 Å². The average molecular weight is 512 g/mol. The van der Waals surface area contributed by atoms with Crippen LogP contribution in [0.2, 0.25) is 5.02 Å². The highest BCUT2D eigenvalue weighted by Crippen LogP contribution is 2.40. The molecule has 1 heterocycles. The minimum Gasteiger partial charge on any atom is -0.356 e. The van der Waals surface area contributed by atoms with Crippen LogP contribution in [0.1, 0.15) is 37.7 Å². The highest BCUT2D eigenvalue weighted by molar-refractivity contribution is 14.0. The molecule has 8 heteroatoms. The number of hydrogen-bond acceptors (Lipinski definition) is 3. The first kappa shape index (κ1) is 21.8. The average Bonchev–Trinajstić information content (AvgIpc) is 3.19. The molecule has 3 rings (SSSR count). The summed E-state index contributed by atoms with van der Waals surface area (Å²) in [5, 5.41) is 7.45. The first-order valence-corrected chi connectivity index (χ1v) is 11.1. The van der Waals surface area contributed by atoms with E-state index in [1.165, 1.54) is 18.4 Å². The van der Waals surface area contributed by atoms with Crippen LogP contribution < -0.4 is 10.6 Å². The van der Waals surface area contributed by atoms with E-state index in [-0.39, 0.29) is 46.9 Å². The molecule has 2 aliphatic rings. The molecule has 1 saturated heterocycles. The third-order valence-corrected chi connectivity index (χ3v) is 7.43. The molecular weight excluding hydrogens is 485 g/mol. The van der Waals surface area contributed by atoms with Gasteiger partial charge in [-0.15, -0.1) is 24.0 Å². The molecule has 1 aromatic rings. The molecule has 1 saturated carbocycles. The van der Waals surface area contributed by atoms with Crippen LogP contribution in [0.4, 0.5) is 0 Å². The Hall–Kier alpha value is -0.540. The van der Waals surface area contributed by atoms with Gasteiger partial charge in [-0.2, -0.15) is 0 Å². The summed E-state index contributed by atoms with van der Waals surface area (Å²) in [7, 11) is -1.17. The van der Waals surface area contributed by atoms with Crippen molar-refractivity contribution in [2.75, 3.05) is 25.1 Å². The quantitative estimate of drug-likeness (QED) is 0.370. The van der Waals surface area contributed by atoms with Crippen molar-refractivity contribution >= 4 is 51.4 Å². The predicted octanol–water partition coefficient (Wildman–Crippen LogP) is 3.12. The van der Waals surface area contributed by atoms with E-state index in [4.69, 9.17) is 11.6 Å². The topological polar surface area (TPSA) is 70.6 Å². The van der Waals surface area contributed by atoms with Crippen molar-refractivity contribution in [2.45, 2.75) is 43.6 Å². The number of guanidine groups is 1. The van der Waals surface area contributed by atoms with Gasteiger partial charge in [0.05, 0.1) is 11.5 Å². The zero-order chi connectivity index (χ0) is 17.9. The Morgan fingerprint density at radius 1 is 1.27 bits per heavy atom. The molecular formula is C18H27ClIN3O2S. The van der Waals surface area contributed by atoms with Gasteiger partial charge < -0.3 is 10.6 Å². The third-order valence-electron chi connectivity index (χ3n) is 5.41. The number of hydrogen-bond donors (Lipinski definition) is 2. The normalized spacial score (nSPS) is 24.1. The van der Waals surface area contributed by atoms with Crippen LogP contribution in [0.25, 0.3) is 0 Å². The molecule has 1 aliphatic carbocycles. The van der Waals surface area contributed by atoms with Crippen molar-refractivity contribution in [3.63, 3.8) is 0 Å². The fraction of sp³-hybridized carbons (Fsp3) is 0.611. The minimum absolute atomic E-state index is 0. The number of halogens is 2. The number of benzene rings is 1. The molecule has 0 aromatic heterocycles. The lowest BCUT2D eigenvalue weighted by Gasteiger charge is -2.31. The summed E-state index contributed by atoms with van der Waals surface area (Å²) in [6.07, 6.45) is 5.35. The second kappa shape index (κ2) is 9.10. The summed E-state index contributed by atoms with van der Waals surface area (Å²) < 4.78 is 23.3. The number of aliphatic imine (C=N–C) groups is 1. The van der Waals surface area contributed by atoms with Crippen molar-refractivity contribution in [2.24, 2.45) is 4.99 Å². The van der Waals surface area contributed by atoms with Gasteiger partial charge in [0.2, 0.25) is 0 Å². The first-order chi connectivity index (χ1) is 11.9. The van der Waals surface area contributed by atoms with Crippen molar-refractivity contribution in [1.29, 1.82) is 0 Å². The fourth-order valence-corrected chi connectivity index (χ4v) is 5.77. The van der Waals surface area contributed by atoms with Crippen LogP contribution in [0.5, 0.6) is 0 Å². The molecule has 0 radical (unpaired) electrons. The Morgan fingerprint density at radius 2 is 1.92 bits per heavy atom. The van der Waals surface area contributed by atoms with Crippen molar-refractivity contribution < 1.29 is 8.42 Å². The highest BCUT2D eigenvalue weighted by Gasteiger charge is 2.36. The molecule has 0 spiro atoms. The molecule has 0 bridgehead atoms. The lowest BCUT2D eigenvalue weighted by atomic mass is 9.79. The molecule has 2 N–H and O–H groups in total. The second-order valence-electron chi connectivity index (χ2n) is 7.16. The molecule has 1 atom stereocenters. The lowest BCUT2D eigenvalue weighted by molar-refractivity contribution is 0.430. The van der Waals surface area contributed by atoms with Crippen LogP contribution in [0, 0.1) is 0 Å². The first-order valence-electron chi connectivity index (χ1n) is 8.86. The van der Waals surface area contributed by atoms with Gasteiger partial charge in [0.15, 0.2) is 15.8 Å². The summed E-state index contributed by atoms with van der Waals surface area (Å²) in [4.78, 5) is 4.28. The zero-order valence-electron chi connectivity index (χ0n) is 15.0. The Bertz CT molecular complexity index is 731. The molecule has 146 valence electrons. The molecule has 0 amide bonds. The van der Waals surface area contributed by atoms with E-state index in [2.05, 4.69) is 27.8 Å². The van der Waals surface area contributed by atoms with Gasteiger partial charge in [0, 0.05) is 30.1 Å². The highest BCUT2D eigenvalue weighted by atomic mass is 127. The van der Waals surface area contributed by atoms with Gasteiger partial charge in [-0.25, -0.2) is 8.42 Å². The molecule has 5 nitrogen and oxygen atoms in total. The van der Waals surface area contributed by atoms with Gasteiger partial charge in [-0.3, -0.25) is 4.99 Å². The van der Waals surface area contributed by atoms with Crippen molar-refractivity contribution in [1.82, 2.24) is 10.6 Å². The SMILES string of the molecule is CN=C(NCC1(c2ccc(Cl)cc2)CCCC1)NC1CCS(=O)(=O)C1.I. The second-order valence-corrected chi connectivity index (χ2v) is 9.83. The van der Waals surface area contributed by atoms with E-state index >= 15 is 0 Å². The number of sulfone groups is 1. The maximum Gasteiger partial charge on any atom is 0.191 e. The largest absolute Gasteiger partial charge is 0.356 e. The molecule has 1 aliphatic heterocycles. The molecule has 1 aromatic carbocycles. The van der Waals surface area contributed by atoms with Crippen LogP contribution in [-0.4, -0.2) is 45.5 Å². The minimum atomic E-state index is -2.90. The predicted molar refractivity (Wildman–Crippen MR) is 119 cm³/mol. The summed E-state index contributed by atoms with van der Waals surface area (Å²) in [5.74, 6) is 1.13. The van der Waals surface area contributed by atoms with E-state index in [0.29, 0.717) is 12.4 Å². The lowest BCUT2D eigenvalue weighted by Crippen LogP contribution is -2.48. The summed E-state index contributed by atoms with van der Waals surface area (Å²) in [6, 6.07) is 8.09. The van der Waals surface area contributed by atoms with E-state index in [0.717, 1.165) is 24.4 Å².